The summed E-state index contributed by atoms with van der Waals surface area (Å²) in [5.74, 6) is 0. The topological polar surface area (TPSA) is 59.5 Å². The first-order valence-corrected chi connectivity index (χ1v) is 9.15. The summed E-state index contributed by atoms with van der Waals surface area (Å²) < 4.78 is 32.4. The third kappa shape index (κ3) is 3.90. The fraction of sp³-hybridized carbons (Fsp3) is 0.312. The summed E-state index contributed by atoms with van der Waals surface area (Å²) in [6.45, 7) is 1.20. The van der Waals surface area contributed by atoms with E-state index in [1.807, 2.05) is 18.2 Å². The molecule has 5 nitrogen and oxygen atoms in total. The van der Waals surface area contributed by atoms with Gasteiger partial charge in [0.25, 0.3) is 0 Å². The first kappa shape index (κ1) is 16.4. The van der Waals surface area contributed by atoms with Gasteiger partial charge in [-0.15, -0.1) is 0 Å². The summed E-state index contributed by atoms with van der Waals surface area (Å²) in [6, 6.07) is 11.9. The van der Waals surface area contributed by atoms with E-state index in [-0.39, 0.29) is 11.0 Å². The van der Waals surface area contributed by atoms with Crippen molar-refractivity contribution in [3.63, 3.8) is 0 Å². The number of hydrogen-bond acceptors (Lipinski definition) is 4. The van der Waals surface area contributed by atoms with Gasteiger partial charge in [-0.05, 0) is 42.8 Å². The van der Waals surface area contributed by atoms with E-state index in [0.717, 1.165) is 5.69 Å². The molecule has 0 bridgehead atoms. The second-order valence-corrected chi connectivity index (χ2v) is 7.73. The van der Waals surface area contributed by atoms with E-state index in [1.54, 1.807) is 18.3 Å². The van der Waals surface area contributed by atoms with E-state index in [0.29, 0.717) is 31.1 Å². The van der Waals surface area contributed by atoms with Gasteiger partial charge in [-0.2, -0.15) is 4.31 Å². The van der Waals surface area contributed by atoms with Crippen LogP contribution in [-0.2, 0) is 21.4 Å². The van der Waals surface area contributed by atoms with Crippen LogP contribution in [0.25, 0.3) is 0 Å². The second kappa shape index (κ2) is 6.97. The van der Waals surface area contributed by atoms with Crippen LogP contribution in [0.2, 0.25) is 5.02 Å². The van der Waals surface area contributed by atoms with E-state index < -0.39 is 10.0 Å². The fourth-order valence-corrected chi connectivity index (χ4v) is 4.11. The van der Waals surface area contributed by atoms with E-state index in [4.69, 9.17) is 16.3 Å². The maximum atomic E-state index is 12.6. The Morgan fingerprint density at radius 2 is 2.00 bits per heavy atom. The minimum Gasteiger partial charge on any atom is -0.371 e. The predicted molar refractivity (Wildman–Crippen MR) is 87.6 cm³/mol. The number of aromatic nitrogens is 1. The van der Waals surface area contributed by atoms with E-state index in [9.17, 15) is 8.42 Å². The normalized spacial score (nSPS) is 19.1. The van der Waals surface area contributed by atoms with Crippen LogP contribution in [0.3, 0.4) is 0 Å². The molecule has 122 valence electrons. The molecule has 2 heterocycles. The monoisotopic (exact) mass is 352 g/mol. The number of hydrogen-bond donors (Lipinski definition) is 0. The molecular weight excluding hydrogens is 336 g/mol. The average Bonchev–Trinajstić information content (AvgIpc) is 3.04. The number of ether oxygens (including phenoxy) is 1. The lowest BCUT2D eigenvalue weighted by Gasteiger charge is -2.17. The largest absolute Gasteiger partial charge is 0.371 e. The highest BCUT2D eigenvalue weighted by Gasteiger charge is 2.33. The molecule has 2 aromatic rings. The summed E-state index contributed by atoms with van der Waals surface area (Å²) in [6.07, 6.45) is 2.28. The molecule has 23 heavy (non-hydrogen) atoms. The minimum atomic E-state index is -3.49. The van der Waals surface area contributed by atoms with Crippen molar-refractivity contribution in [3.8, 4) is 0 Å². The predicted octanol–water partition coefficient (Wildman–Crippen LogP) is 2.71. The van der Waals surface area contributed by atoms with Crippen LogP contribution in [0, 0.1) is 0 Å². The molecule has 0 unspecified atom stereocenters. The molecule has 1 atom stereocenters. The molecule has 7 heteroatoms. The molecule has 1 aromatic heterocycles. The Labute approximate surface area is 140 Å². The Morgan fingerprint density at radius 1 is 1.22 bits per heavy atom. The van der Waals surface area contributed by atoms with Crippen molar-refractivity contribution >= 4 is 21.6 Å². The van der Waals surface area contributed by atoms with Crippen LogP contribution in [0.4, 0.5) is 0 Å². The van der Waals surface area contributed by atoms with Gasteiger partial charge in [-0.1, -0.05) is 17.7 Å². The molecule has 3 rings (SSSR count). The van der Waals surface area contributed by atoms with Crippen molar-refractivity contribution in [3.05, 3.63) is 59.4 Å². The molecule has 1 saturated heterocycles. The van der Waals surface area contributed by atoms with Gasteiger partial charge >= 0.3 is 0 Å². The number of halogens is 1. The highest BCUT2D eigenvalue weighted by molar-refractivity contribution is 7.89. The number of pyridine rings is 1. The highest BCUT2D eigenvalue weighted by atomic mass is 35.5. The fourth-order valence-electron chi connectivity index (χ4n) is 2.49. The molecule has 0 spiro atoms. The van der Waals surface area contributed by atoms with E-state index in [1.165, 1.54) is 16.4 Å². The van der Waals surface area contributed by atoms with Crippen LogP contribution >= 0.6 is 11.6 Å². The number of sulfonamides is 1. The standard InChI is InChI=1S/C16H17ClN2O3S/c17-13-4-6-16(7-5-13)23(20,21)19-10-8-15(11-19)22-12-14-3-1-2-9-18-14/h1-7,9,15H,8,10-12H2/t15-/m0/s1. The molecule has 0 amide bonds. The zero-order chi connectivity index (χ0) is 16.3. The van der Waals surface area contributed by atoms with Gasteiger partial charge in [0.2, 0.25) is 10.0 Å². The SMILES string of the molecule is O=S(=O)(c1ccc(Cl)cc1)N1CC[C@H](OCc2ccccn2)C1. The first-order valence-electron chi connectivity index (χ1n) is 7.33. The lowest BCUT2D eigenvalue weighted by Crippen LogP contribution is -2.30. The van der Waals surface area contributed by atoms with Gasteiger partial charge in [0.05, 0.1) is 23.3 Å². The average molecular weight is 353 g/mol. The molecule has 1 aliphatic heterocycles. The molecular formula is C16H17ClN2O3S. The maximum Gasteiger partial charge on any atom is 0.243 e. The summed E-state index contributed by atoms with van der Waals surface area (Å²) in [5, 5.41) is 0.516. The van der Waals surface area contributed by atoms with Crippen molar-refractivity contribution in [1.82, 2.24) is 9.29 Å². The van der Waals surface area contributed by atoms with Crippen molar-refractivity contribution in [1.29, 1.82) is 0 Å². The third-order valence-corrected chi connectivity index (χ3v) is 5.88. The molecule has 0 N–H and O–H groups in total. The number of benzene rings is 1. The van der Waals surface area contributed by atoms with Crippen molar-refractivity contribution in [2.75, 3.05) is 13.1 Å². The molecule has 1 aromatic carbocycles. The Kier molecular flexibility index (Phi) is 4.96. The zero-order valence-corrected chi connectivity index (χ0v) is 14.0. The van der Waals surface area contributed by atoms with Crippen LogP contribution in [0.15, 0.2) is 53.6 Å². The van der Waals surface area contributed by atoms with Crippen LogP contribution < -0.4 is 0 Å². The lowest BCUT2D eigenvalue weighted by molar-refractivity contribution is 0.0489. The van der Waals surface area contributed by atoms with Crippen LogP contribution in [0.5, 0.6) is 0 Å². The zero-order valence-electron chi connectivity index (χ0n) is 12.4. The second-order valence-electron chi connectivity index (χ2n) is 5.36. The molecule has 0 saturated carbocycles. The van der Waals surface area contributed by atoms with Crippen LogP contribution in [-0.4, -0.2) is 36.9 Å². The maximum absolute atomic E-state index is 12.6. The number of nitrogens with zero attached hydrogens (tertiary/aromatic N) is 2. The quantitative estimate of drug-likeness (QED) is 0.830. The molecule has 1 aliphatic rings. The summed E-state index contributed by atoms with van der Waals surface area (Å²) in [5.41, 5.74) is 0.839. The number of rotatable bonds is 5. The Morgan fingerprint density at radius 3 is 2.70 bits per heavy atom. The van der Waals surface area contributed by atoms with Gasteiger partial charge in [-0.25, -0.2) is 8.42 Å². The van der Waals surface area contributed by atoms with Crippen LogP contribution in [0.1, 0.15) is 12.1 Å². The lowest BCUT2D eigenvalue weighted by atomic mass is 10.3. The van der Waals surface area contributed by atoms with Gasteiger partial charge in [0, 0.05) is 24.3 Å². The van der Waals surface area contributed by atoms with E-state index in [2.05, 4.69) is 4.98 Å². The summed E-state index contributed by atoms with van der Waals surface area (Å²) in [4.78, 5) is 4.45. The Hall–Kier alpha value is -1.47. The van der Waals surface area contributed by atoms with Gasteiger partial charge in [0.15, 0.2) is 0 Å². The molecule has 0 radical (unpaired) electrons. The van der Waals surface area contributed by atoms with Gasteiger partial charge < -0.3 is 4.74 Å². The highest BCUT2D eigenvalue weighted by Crippen LogP contribution is 2.24. The Balaban J connectivity index is 1.61. The van der Waals surface area contributed by atoms with Crippen molar-refractivity contribution < 1.29 is 13.2 Å². The van der Waals surface area contributed by atoms with Gasteiger partial charge in [-0.3, -0.25) is 4.98 Å². The Bertz CT molecular complexity index is 751. The summed E-state index contributed by atoms with van der Waals surface area (Å²) in [7, 11) is -3.49. The van der Waals surface area contributed by atoms with Crippen molar-refractivity contribution in [2.24, 2.45) is 0 Å². The summed E-state index contributed by atoms with van der Waals surface area (Å²) >= 11 is 5.81. The first-order chi connectivity index (χ1) is 11.1. The molecule has 0 aliphatic carbocycles. The minimum absolute atomic E-state index is 0.112. The smallest absolute Gasteiger partial charge is 0.243 e. The molecule has 1 fully saturated rings. The van der Waals surface area contributed by atoms with Crippen molar-refractivity contribution in [2.45, 2.75) is 24.0 Å². The van der Waals surface area contributed by atoms with Gasteiger partial charge in [0.1, 0.15) is 0 Å². The van der Waals surface area contributed by atoms with E-state index >= 15 is 0 Å². The third-order valence-electron chi connectivity index (χ3n) is 3.75.